The predicted molar refractivity (Wildman–Crippen MR) is 76.4 cm³/mol. The predicted octanol–water partition coefficient (Wildman–Crippen LogP) is 0.886. The van der Waals surface area contributed by atoms with Crippen LogP contribution in [0.25, 0.3) is 0 Å². The summed E-state index contributed by atoms with van der Waals surface area (Å²) in [5, 5.41) is 11.8. The molecule has 0 aromatic carbocycles. The lowest BCUT2D eigenvalue weighted by atomic mass is 10.3. The molecule has 2 N–H and O–H groups in total. The molecule has 1 saturated heterocycles. The first-order chi connectivity index (χ1) is 8.93. The van der Waals surface area contributed by atoms with Gasteiger partial charge in [-0.3, -0.25) is 0 Å². The summed E-state index contributed by atoms with van der Waals surface area (Å²) < 4.78 is 0. The minimum atomic E-state index is -0.931. The summed E-state index contributed by atoms with van der Waals surface area (Å²) in [6.45, 7) is 5.73. The topological polar surface area (TPSA) is 72.9 Å². The maximum Gasteiger partial charge on any atom is 0.327 e. The molecule has 1 heterocycles. The van der Waals surface area contributed by atoms with E-state index in [0.717, 1.165) is 13.0 Å². The van der Waals surface area contributed by atoms with Gasteiger partial charge in [0.05, 0.1) is 5.88 Å². The van der Waals surface area contributed by atoms with E-state index < -0.39 is 12.0 Å². The van der Waals surface area contributed by atoms with Crippen molar-refractivity contribution in [3.05, 3.63) is 0 Å². The minimum absolute atomic E-state index is 0.274. The average molecular weight is 289 g/mol. The zero-order valence-corrected chi connectivity index (χ0v) is 12.6. The number of nitrogens with zero attached hydrogens (tertiary/aromatic N) is 2. The van der Waals surface area contributed by atoms with E-state index in [2.05, 4.69) is 24.1 Å². The van der Waals surface area contributed by atoms with Crippen molar-refractivity contribution in [1.82, 2.24) is 15.1 Å². The Morgan fingerprint density at radius 2 is 2.21 bits per heavy atom. The Morgan fingerprint density at radius 1 is 1.53 bits per heavy atom. The van der Waals surface area contributed by atoms with E-state index in [9.17, 15) is 9.59 Å². The Kier molecular flexibility index (Phi) is 6.44. The number of carboxylic acid groups (broad SMARTS) is 1. The zero-order chi connectivity index (χ0) is 14.4. The molecule has 1 atom stereocenters. The molecule has 1 aliphatic rings. The smallest absolute Gasteiger partial charge is 0.327 e. The van der Waals surface area contributed by atoms with Crippen LogP contribution in [-0.4, -0.2) is 70.8 Å². The molecule has 0 bridgehead atoms. The summed E-state index contributed by atoms with van der Waals surface area (Å²) in [6.07, 6.45) is 0.860. The van der Waals surface area contributed by atoms with E-state index in [1.807, 2.05) is 7.05 Å². The normalized spacial score (nSPS) is 19.2. The highest BCUT2D eigenvalue weighted by molar-refractivity contribution is 7.99. The van der Waals surface area contributed by atoms with Crippen LogP contribution < -0.4 is 5.32 Å². The summed E-state index contributed by atoms with van der Waals surface area (Å²) in [4.78, 5) is 26.4. The molecule has 1 fully saturated rings. The van der Waals surface area contributed by atoms with Crippen molar-refractivity contribution < 1.29 is 14.7 Å². The Bertz CT molecular complexity index is 325. The summed E-state index contributed by atoms with van der Waals surface area (Å²) in [6, 6.07) is -0.477. The van der Waals surface area contributed by atoms with Gasteiger partial charge in [0.25, 0.3) is 0 Å². The summed E-state index contributed by atoms with van der Waals surface area (Å²) in [5.74, 6) is -0.00670. The third kappa shape index (κ3) is 4.91. The van der Waals surface area contributed by atoms with Gasteiger partial charge < -0.3 is 20.2 Å². The molecule has 0 radical (unpaired) electrons. The quantitative estimate of drug-likeness (QED) is 0.710. The zero-order valence-electron chi connectivity index (χ0n) is 11.8. The summed E-state index contributed by atoms with van der Waals surface area (Å²) in [5.41, 5.74) is 0. The fourth-order valence-electron chi connectivity index (χ4n) is 1.73. The molecule has 0 aromatic rings. The van der Waals surface area contributed by atoms with Gasteiger partial charge in [0, 0.05) is 18.3 Å². The van der Waals surface area contributed by atoms with Crippen molar-refractivity contribution in [2.24, 2.45) is 0 Å². The highest BCUT2D eigenvalue weighted by Gasteiger charge is 2.34. The van der Waals surface area contributed by atoms with Crippen molar-refractivity contribution in [3.8, 4) is 0 Å². The first-order valence-corrected chi connectivity index (χ1v) is 7.64. The van der Waals surface area contributed by atoms with E-state index >= 15 is 0 Å². The van der Waals surface area contributed by atoms with Gasteiger partial charge in [0.1, 0.15) is 6.04 Å². The average Bonchev–Trinajstić information content (AvgIpc) is 2.83. The maximum atomic E-state index is 11.9. The second-order valence-corrected chi connectivity index (χ2v) is 5.98. The number of carbonyl (C=O) groups is 2. The molecular weight excluding hydrogens is 266 g/mol. The van der Waals surface area contributed by atoms with Crippen molar-refractivity contribution in [2.75, 3.05) is 31.8 Å². The van der Waals surface area contributed by atoms with Crippen LogP contribution in [0.5, 0.6) is 0 Å². The Morgan fingerprint density at radius 3 is 2.79 bits per heavy atom. The monoisotopic (exact) mass is 289 g/mol. The molecule has 0 aliphatic carbocycles. The van der Waals surface area contributed by atoms with Gasteiger partial charge in [-0.05, 0) is 33.9 Å². The third-order valence-corrected chi connectivity index (χ3v) is 4.29. The van der Waals surface area contributed by atoms with E-state index in [1.165, 1.54) is 16.7 Å². The van der Waals surface area contributed by atoms with Crippen LogP contribution in [0.1, 0.15) is 20.3 Å². The number of amides is 2. The molecular formula is C12H23N3O3S. The molecule has 1 aliphatic heterocycles. The number of rotatable bonds is 6. The van der Waals surface area contributed by atoms with Gasteiger partial charge >= 0.3 is 12.0 Å². The molecule has 2 amide bonds. The van der Waals surface area contributed by atoms with Crippen LogP contribution in [0.15, 0.2) is 0 Å². The van der Waals surface area contributed by atoms with Gasteiger partial charge in [-0.1, -0.05) is 0 Å². The summed E-state index contributed by atoms with van der Waals surface area (Å²) in [7, 11) is 2.05. The first kappa shape index (κ1) is 16.1. The minimum Gasteiger partial charge on any atom is -0.480 e. The lowest BCUT2D eigenvalue weighted by Gasteiger charge is -2.23. The molecule has 0 spiro atoms. The largest absolute Gasteiger partial charge is 0.480 e. The molecule has 1 unspecified atom stereocenters. The molecule has 0 saturated carbocycles. The number of aliphatic carboxylic acids is 1. The second kappa shape index (κ2) is 7.59. The van der Waals surface area contributed by atoms with Crippen molar-refractivity contribution >= 4 is 23.8 Å². The molecule has 1 rings (SSSR count). The van der Waals surface area contributed by atoms with Crippen LogP contribution in [0.2, 0.25) is 0 Å². The molecule has 7 heteroatoms. The highest BCUT2D eigenvalue weighted by atomic mass is 32.2. The Balaban J connectivity index is 2.26. The van der Waals surface area contributed by atoms with E-state index in [4.69, 9.17) is 5.11 Å². The van der Waals surface area contributed by atoms with Crippen LogP contribution in [0.3, 0.4) is 0 Å². The van der Waals surface area contributed by atoms with Crippen molar-refractivity contribution in [3.63, 3.8) is 0 Å². The molecule has 0 aromatic heterocycles. The van der Waals surface area contributed by atoms with E-state index in [0.29, 0.717) is 24.2 Å². The first-order valence-electron chi connectivity index (χ1n) is 6.48. The number of nitrogens with one attached hydrogen (secondary N) is 1. The van der Waals surface area contributed by atoms with Crippen LogP contribution in [0, 0.1) is 0 Å². The van der Waals surface area contributed by atoms with Gasteiger partial charge in [0.15, 0.2) is 0 Å². The highest BCUT2D eigenvalue weighted by Crippen LogP contribution is 2.20. The lowest BCUT2D eigenvalue weighted by molar-refractivity contribution is -0.140. The van der Waals surface area contributed by atoms with Crippen molar-refractivity contribution in [2.45, 2.75) is 32.4 Å². The number of thioether (sulfide) groups is 1. The van der Waals surface area contributed by atoms with Crippen LogP contribution in [-0.2, 0) is 4.79 Å². The molecule has 110 valence electrons. The Labute approximate surface area is 118 Å². The number of hydrogen-bond acceptors (Lipinski definition) is 4. The molecule has 6 nitrogen and oxygen atoms in total. The van der Waals surface area contributed by atoms with E-state index in [-0.39, 0.29) is 6.03 Å². The fraction of sp³-hybridized carbons (Fsp3) is 0.833. The SMILES string of the molecule is CC(C)N(C)CCCNC(=O)N1CSCC1C(=O)O. The Hall–Kier alpha value is -0.950. The van der Waals surface area contributed by atoms with Crippen LogP contribution >= 0.6 is 11.8 Å². The lowest BCUT2D eigenvalue weighted by Crippen LogP contribution is -2.47. The standard InChI is InChI=1S/C12H23N3O3S/c1-9(2)14(3)6-4-5-13-12(18)15-8-19-7-10(15)11(16)17/h9-10H,4-8H2,1-3H3,(H,13,18)(H,16,17). The molecule has 19 heavy (non-hydrogen) atoms. The fourth-order valence-corrected chi connectivity index (χ4v) is 2.88. The second-order valence-electron chi connectivity index (χ2n) is 4.98. The van der Waals surface area contributed by atoms with Gasteiger partial charge in [-0.2, -0.15) is 0 Å². The van der Waals surface area contributed by atoms with Gasteiger partial charge in [-0.25, -0.2) is 9.59 Å². The number of carboxylic acids is 1. The van der Waals surface area contributed by atoms with Gasteiger partial charge in [-0.15, -0.1) is 11.8 Å². The van der Waals surface area contributed by atoms with Gasteiger partial charge in [0.2, 0.25) is 0 Å². The maximum absolute atomic E-state index is 11.9. The number of carbonyl (C=O) groups excluding carboxylic acids is 1. The number of hydrogen-bond donors (Lipinski definition) is 2. The third-order valence-electron chi connectivity index (χ3n) is 3.27. The summed E-state index contributed by atoms with van der Waals surface area (Å²) >= 11 is 1.47. The number of urea groups is 1. The van der Waals surface area contributed by atoms with Crippen molar-refractivity contribution in [1.29, 1.82) is 0 Å². The van der Waals surface area contributed by atoms with E-state index in [1.54, 1.807) is 0 Å². The van der Waals surface area contributed by atoms with Crippen LogP contribution in [0.4, 0.5) is 4.79 Å².